The summed E-state index contributed by atoms with van der Waals surface area (Å²) in [6, 6.07) is 18.6. The van der Waals surface area contributed by atoms with E-state index in [9.17, 15) is 19.7 Å². The van der Waals surface area contributed by atoms with Gasteiger partial charge in [-0.2, -0.15) is 0 Å². The zero-order valence-electron chi connectivity index (χ0n) is 18.7. The number of ether oxygens (including phenoxy) is 2. The van der Waals surface area contributed by atoms with Crippen molar-refractivity contribution in [1.82, 2.24) is 0 Å². The van der Waals surface area contributed by atoms with Gasteiger partial charge in [-0.15, -0.1) is 0 Å². The maximum absolute atomic E-state index is 13.6. The van der Waals surface area contributed by atoms with Crippen molar-refractivity contribution >= 4 is 35.0 Å². The van der Waals surface area contributed by atoms with Gasteiger partial charge >= 0.3 is 5.97 Å². The van der Waals surface area contributed by atoms with Crippen molar-refractivity contribution in [2.45, 2.75) is 35.3 Å². The maximum Gasteiger partial charge on any atom is 0.338 e. The van der Waals surface area contributed by atoms with Gasteiger partial charge in [0.25, 0.3) is 11.6 Å². The number of carbonyl (C=O) groups excluding carboxylic acids is 2. The SMILES string of the molecule is O=C(OCC1CCCO1)c1ccc2c(c1)N(Cc1cccc([N+](=O)[O-])c1)C(=O)c1ccccc1S2. The van der Waals surface area contributed by atoms with Crippen molar-refractivity contribution in [2.75, 3.05) is 18.1 Å². The molecule has 5 rings (SSSR count). The first kappa shape index (κ1) is 23.1. The van der Waals surface area contributed by atoms with Crippen LogP contribution in [0.1, 0.15) is 39.1 Å². The fourth-order valence-electron chi connectivity index (χ4n) is 4.18. The molecule has 0 radical (unpaired) electrons. The molecule has 1 atom stereocenters. The molecule has 178 valence electrons. The molecular formula is C26H22N2O6S. The van der Waals surface area contributed by atoms with E-state index in [4.69, 9.17) is 9.47 Å². The Morgan fingerprint density at radius 3 is 2.77 bits per heavy atom. The summed E-state index contributed by atoms with van der Waals surface area (Å²) in [4.78, 5) is 40.4. The molecular weight excluding hydrogens is 468 g/mol. The summed E-state index contributed by atoms with van der Waals surface area (Å²) in [5, 5.41) is 11.3. The molecule has 8 nitrogen and oxygen atoms in total. The lowest BCUT2D eigenvalue weighted by molar-refractivity contribution is -0.384. The number of esters is 1. The molecule has 1 fully saturated rings. The van der Waals surface area contributed by atoms with Gasteiger partial charge in [-0.25, -0.2) is 4.79 Å². The molecule has 2 aliphatic heterocycles. The van der Waals surface area contributed by atoms with Gasteiger partial charge in [-0.05, 0) is 48.7 Å². The van der Waals surface area contributed by atoms with Crippen LogP contribution in [-0.2, 0) is 16.0 Å². The molecule has 2 aliphatic rings. The minimum Gasteiger partial charge on any atom is -0.459 e. The van der Waals surface area contributed by atoms with Gasteiger partial charge in [0.1, 0.15) is 6.61 Å². The second-order valence-electron chi connectivity index (χ2n) is 8.33. The number of nitro benzene ring substituents is 1. The number of hydrogen-bond acceptors (Lipinski definition) is 7. The second-order valence-corrected chi connectivity index (χ2v) is 9.42. The number of nitro groups is 1. The van der Waals surface area contributed by atoms with E-state index in [-0.39, 0.29) is 30.9 Å². The molecule has 0 spiro atoms. The van der Waals surface area contributed by atoms with E-state index in [2.05, 4.69) is 0 Å². The zero-order chi connectivity index (χ0) is 24.4. The molecule has 1 amide bonds. The lowest BCUT2D eigenvalue weighted by Crippen LogP contribution is -2.30. The highest BCUT2D eigenvalue weighted by atomic mass is 32.2. The molecule has 2 heterocycles. The quantitative estimate of drug-likeness (QED) is 0.265. The third-order valence-corrected chi connectivity index (χ3v) is 7.10. The predicted molar refractivity (Wildman–Crippen MR) is 130 cm³/mol. The molecule has 35 heavy (non-hydrogen) atoms. The summed E-state index contributed by atoms with van der Waals surface area (Å²) < 4.78 is 11.0. The number of benzene rings is 3. The van der Waals surface area contributed by atoms with Crippen molar-refractivity contribution < 1.29 is 24.0 Å². The highest BCUT2D eigenvalue weighted by Crippen LogP contribution is 2.42. The van der Waals surface area contributed by atoms with Crippen LogP contribution < -0.4 is 4.90 Å². The molecule has 9 heteroatoms. The van der Waals surface area contributed by atoms with Gasteiger partial charge in [0.05, 0.1) is 34.4 Å². The van der Waals surface area contributed by atoms with Crippen molar-refractivity contribution in [3.05, 3.63) is 93.5 Å². The van der Waals surface area contributed by atoms with Gasteiger partial charge in [0.2, 0.25) is 0 Å². The highest BCUT2D eigenvalue weighted by Gasteiger charge is 2.29. The topological polar surface area (TPSA) is 99.0 Å². The first-order chi connectivity index (χ1) is 17.0. The zero-order valence-corrected chi connectivity index (χ0v) is 19.5. The first-order valence-corrected chi connectivity index (χ1v) is 12.1. The number of amides is 1. The van der Waals surface area contributed by atoms with Crippen LogP contribution in [0.2, 0.25) is 0 Å². The van der Waals surface area contributed by atoms with Crippen molar-refractivity contribution in [1.29, 1.82) is 0 Å². The summed E-state index contributed by atoms with van der Waals surface area (Å²) in [5.74, 6) is -0.735. The molecule has 0 bridgehead atoms. The monoisotopic (exact) mass is 490 g/mol. The summed E-state index contributed by atoms with van der Waals surface area (Å²) >= 11 is 1.44. The van der Waals surface area contributed by atoms with Crippen LogP contribution in [0.15, 0.2) is 76.5 Å². The number of rotatable bonds is 6. The Kier molecular flexibility index (Phi) is 6.52. The van der Waals surface area contributed by atoms with Crippen LogP contribution in [0, 0.1) is 10.1 Å². The Hall–Kier alpha value is -3.69. The highest BCUT2D eigenvalue weighted by molar-refractivity contribution is 7.99. The van der Waals surface area contributed by atoms with E-state index in [1.165, 1.54) is 23.9 Å². The van der Waals surface area contributed by atoms with E-state index in [0.29, 0.717) is 29.0 Å². The van der Waals surface area contributed by atoms with E-state index in [1.54, 1.807) is 47.4 Å². The molecule has 0 saturated carbocycles. The fourth-order valence-corrected chi connectivity index (χ4v) is 5.24. The number of nitrogens with zero attached hydrogens (tertiary/aromatic N) is 2. The van der Waals surface area contributed by atoms with E-state index >= 15 is 0 Å². The Labute approximate surface area is 206 Å². The van der Waals surface area contributed by atoms with Crippen LogP contribution in [0.3, 0.4) is 0 Å². The normalized spacial score (nSPS) is 16.9. The molecule has 0 aliphatic carbocycles. The summed E-state index contributed by atoms with van der Waals surface area (Å²) in [7, 11) is 0. The van der Waals surface area contributed by atoms with E-state index < -0.39 is 10.9 Å². The Morgan fingerprint density at radius 2 is 1.97 bits per heavy atom. The summed E-state index contributed by atoms with van der Waals surface area (Å²) in [5.41, 5.74) is 1.96. The largest absolute Gasteiger partial charge is 0.459 e. The molecule has 1 saturated heterocycles. The maximum atomic E-state index is 13.6. The van der Waals surface area contributed by atoms with E-state index in [0.717, 1.165) is 22.6 Å². The fraction of sp³-hybridized carbons (Fsp3) is 0.231. The number of anilines is 1. The standard InChI is InChI=1S/C26H22N2O6S/c29-25-21-8-1-2-9-23(21)35-24-11-10-18(26(30)34-16-20-7-4-12-33-20)14-22(24)27(25)15-17-5-3-6-19(13-17)28(31)32/h1-3,5-6,8-11,13-14,20H,4,7,12,15-16H2. The summed E-state index contributed by atoms with van der Waals surface area (Å²) in [6.45, 7) is 0.969. The third kappa shape index (κ3) is 4.91. The minimum atomic E-state index is -0.488. The van der Waals surface area contributed by atoms with Crippen molar-refractivity contribution in [2.24, 2.45) is 0 Å². The van der Waals surface area contributed by atoms with Crippen LogP contribution in [0.25, 0.3) is 0 Å². The lowest BCUT2D eigenvalue weighted by Gasteiger charge is -2.23. The molecule has 3 aromatic carbocycles. The van der Waals surface area contributed by atoms with Crippen molar-refractivity contribution in [3.8, 4) is 0 Å². The average molecular weight is 491 g/mol. The van der Waals surface area contributed by atoms with Crippen LogP contribution >= 0.6 is 11.8 Å². The summed E-state index contributed by atoms with van der Waals surface area (Å²) in [6.07, 6.45) is 1.72. The first-order valence-electron chi connectivity index (χ1n) is 11.2. The number of hydrogen-bond donors (Lipinski definition) is 0. The Morgan fingerprint density at radius 1 is 1.11 bits per heavy atom. The van der Waals surface area contributed by atoms with E-state index in [1.807, 2.05) is 12.1 Å². The van der Waals surface area contributed by atoms with Crippen LogP contribution in [0.5, 0.6) is 0 Å². The Balaban J connectivity index is 1.50. The van der Waals surface area contributed by atoms with Gasteiger partial charge < -0.3 is 14.4 Å². The molecule has 1 unspecified atom stereocenters. The molecule has 3 aromatic rings. The van der Waals surface area contributed by atoms with Crippen LogP contribution in [-0.4, -0.2) is 36.1 Å². The van der Waals surface area contributed by atoms with Gasteiger partial charge in [-0.1, -0.05) is 36.0 Å². The van der Waals surface area contributed by atoms with Crippen molar-refractivity contribution in [3.63, 3.8) is 0 Å². The number of non-ortho nitro benzene ring substituents is 1. The van der Waals surface area contributed by atoms with Gasteiger partial charge in [0, 0.05) is 28.5 Å². The van der Waals surface area contributed by atoms with Crippen LogP contribution in [0.4, 0.5) is 11.4 Å². The number of fused-ring (bicyclic) bond motifs is 2. The molecule has 0 N–H and O–H groups in total. The minimum absolute atomic E-state index is 0.0498. The Bertz CT molecular complexity index is 1300. The van der Waals surface area contributed by atoms with Gasteiger partial charge in [0.15, 0.2) is 0 Å². The second kappa shape index (κ2) is 9.89. The third-order valence-electron chi connectivity index (χ3n) is 5.95. The number of carbonyl (C=O) groups is 2. The predicted octanol–water partition coefficient (Wildman–Crippen LogP) is 5.24. The molecule has 0 aromatic heterocycles. The lowest BCUT2D eigenvalue weighted by atomic mass is 10.1. The average Bonchev–Trinajstić information content (AvgIpc) is 3.36. The smallest absolute Gasteiger partial charge is 0.338 e. The van der Waals surface area contributed by atoms with Gasteiger partial charge in [-0.3, -0.25) is 14.9 Å².